The van der Waals surface area contributed by atoms with E-state index in [-0.39, 0.29) is 22.5 Å². The first-order valence-corrected chi connectivity index (χ1v) is 11.5. The summed E-state index contributed by atoms with van der Waals surface area (Å²) in [6, 6.07) is 18.1. The lowest BCUT2D eigenvalue weighted by Gasteiger charge is -2.27. The number of Topliss-reactive ketones (excluding diaryl/α,β-unsaturated/α-hetero) is 1. The van der Waals surface area contributed by atoms with Gasteiger partial charge in [-0.15, -0.1) is 0 Å². The molecule has 7 heteroatoms. The summed E-state index contributed by atoms with van der Waals surface area (Å²) in [4.78, 5) is 28.0. The van der Waals surface area contributed by atoms with Crippen LogP contribution in [0.15, 0.2) is 72.3 Å². The molecular formula is C27H23Cl2NO4. The average Bonchev–Trinajstić information content (AvgIpc) is 3.05. The summed E-state index contributed by atoms with van der Waals surface area (Å²) in [5, 5.41) is 11.9. The zero-order chi connectivity index (χ0) is 24.6. The van der Waals surface area contributed by atoms with Gasteiger partial charge >= 0.3 is 0 Å². The normalized spacial score (nSPS) is 17.5. The van der Waals surface area contributed by atoms with Gasteiger partial charge in [0.15, 0.2) is 0 Å². The molecule has 0 bridgehead atoms. The molecule has 0 aromatic heterocycles. The summed E-state index contributed by atoms with van der Waals surface area (Å²) in [6.45, 7) is 5.68. The Balaban J connectivity index is 1.94. The van der Waals surface area contributed by atoms with Crippen molar-refractivity contribution < 1.29 is 19.4 Å². The predicted molar refractivity (Wildman–Crippen MR) is 135 cm³/mol. The van der Waals surface area contributed by atoms with Crippen LogP contribution >= 0.6 is 23.2 Å². The molecule has 1 aliphatic rings. The molecule has 0 aliphatic carbocycles. The Kier molecular flexibility index (Phi) is 6.69. The molecular weight excluding hydrogens is 473 g/mol. The van der Waals surface area contributed by atoms with Crippen LogP contribution in [-0.4, -0.2) is 22.9 Å². The van der Waals surface area contributed by atoms with E-state index in [1.807, 2.05) is 45.0 Å². The van der Waals surface area contributed by atoms with Crippen LogP contribution in [0.4, 0.5) is 5.69 Å². The Labute approximate surface area is 208 Å². The van der Waals surface area contributed by atoms with Gasteiger partial charge in [0.1, 0.15) is 11.5 Å². The van der Waals surface area contributed by atoms with Crippen molar-refractivity contribution in [2.24, 2.45) is 0 Å². The maximum absolute atomic E-state index is 13.3. The summed E-state index contributed by atoms with van der Waals surface area (Å²) in [5.74, 6) is -1.27. The molecule has 1 heterocycles. The number of halogens is 2. The second kappa shape index (κ2) is 9.53. The number of anilines is 1. The van der Waals surface area contributed by atoms with E-state index in [4.69, 9.17) is 27.9 Å². The smallest absolute Gasteiger partial charge is 0.300 e. The van der Waals surface area contributed by atoms with Crippen LogP contribution in [-0.2, 0) is 9.59 Å². The number of amides is 1. The SMILES string of the molecule is Cc1ccccc1C1/C(=C(\O)c2cccc(OC(C)C)c2)C(=O)C(=O)N1c1ccc(Cl)c(Cl)c1. The summed E-state index contributed by atoms with van der Waals surface area (Å²) in [7, 11) is 0. The lowest BCUT2D eigenvalue weighted by molar-refractivity contribution is -0.132. The minimum absolute atomic E-state index is 0.00734. The Bertz CT molecular complexity index is 1320. The van der Waals surface area contributed by atoms with E-state index in [2.05, 4.69) is 0 Å². The van der Waals surface area contributed by atoms with Crippen molar-refractivity contribution >= 4 is 46.3 Å². The summed E-state index contributed by atoms with van der Waals surface area (Å²) < 4.78 is 5.74. The highest BCUT2D eigenvalue weighted by molar-refractivity contribution is 6.52. The molecule has 0 spiro atoms. The third-order valence-corrected chi connectivity index (χ3v) is 6.33. The maximum atomic E-state index is 13.3. The number of aliphatic hydroxyl groups excluding tert-OH is 1. The molecule has 1 N–H and O–H groups in total. The number of aliphatic hydroxyl groups is 1. The first-order valence-electron chi connectivity index (χ1n) is 10.8. The molecule has 3 aromatic carbocycles. The van der Waals surface area contributed by atoms with Gasteiger partial charge in [-0.05, 0) is 62.2 Å². The van der Waals surface area contributed by atoms with Crippen LogP contribution in [0.2, 0.25) is 10.0 Å². The summed E-state index contributed by atoms with van der Waals surface area (Å²) in [6.07, 6.45) is -0.0652. The Morgan fingerprint density at radius 1 is 0.971 bits per heavy atom. The van der Waals surface area contributed by atoms with Crippen LogP contribution in [0, 0.1) is 6.92 Å². The highest BCUT2D eigenvalue weighted by Gasteiger charge is 2.47. The van der Waals surface area contributed by atoms with Gasteiger partial charge in [0.25, 0.3) is 11.7 Å². The van der Waals surface area contributed by atoms with Crippen LogP contribution in [0.25, 0.3) is 5.76 Å². The Hall–Kier alpha value is -3.28. The first-order chi connectivity index (χ1) is 16.2. The van der Waals surface area contributed by atoms with Crippen LogP contribution < -0.4 is 9.64 Å². The van der Waals surface area contributed by atoms with Gasteiger partial charge in [-0.1, -0.05) is 59.6 Å². The topological polar surface area (TPSA) is 66.8 Å². The second-order valence-electron chi connectivity index (χ2n) is 8.32. The van der Waals surface area contributed by atoms with Gasteiger partial charge < -0.3 is 9.84 Å². The lowest BCUT2D eigenvalue weighted by Crippen LogP contribution is -2.29. The van der Waals surface area contributed by atoms with Gasteiger partial charge in [-0.25, -0.2) is 0 Å². The van der Waals surface area contributed by atoms with Crippen molar-refractivity contribution in [3.8, 4) is 5.75 Å². The number of ether oxygens (including phenoxy) is 1. The van der Waals surface area contributed by atoms with E-state index in [1.165, 1.54) is 11.0 Å². The van der Waals surface area contributed by atoms with E-state index >= 15 is 0 Å². The molecule has 34 heavy (non-hydrogen) atoms. The maximum Gasteiger partial charge on any atom is 0.300 e. The number of hydrogen-bond donors (Lipinski definition) is 1. The number of nitrogens with zero attached hydrogens (tertiary/aromatic N) is 1. The molecule has 1 aliphatic heterocycles. The van der Waals surface area contributed by atoms with Gasteiger partial charge in [-0.2, -0.15) is 0 Å². The van der Waals surface area contributed by atoms with Crippen molar-refractivity contribution in [3.63, 3.8) is 0 Å². The molecule has 174 valence electrons. The molecule has 1 saturated heterocycles. The van der Waals surface area contributed by atoms with Gasteiger partial charge in [0, 0.05) is 11.3 Å². The molecule has 3 aromatic rings. The largest absolute Gasteiger partial charge is 0.507 e. The third kappa shape index (κ3) is 4.41. The van der Waals surface area contributed by atoms with Crippen molar-refractivity contribution in [2.75, 3.05) is 4.90 Å². The average molecular weight is 496 g/mol. The number of carbonyl (C=O) groups is 2. The molecule has 1 atom stereocenters. The molecule has 1 amide bonds. The number of ketones is 1. The quantitative estimate of drug-likeness (QED) is 0.242. The van der Waals surface area contributed by atoms with Crippen LogP contribution in [0.3, 0.4) is 0 Å². The minimum atomic E-state index is -0.854. The van der Waals surface area contributed by atoms with Crippen LogP contribution in [0.5, 0.6) is 5.75 Å². The Morgan fingerprint density at radius 3 is 2.38 bits per heavy atom. The van der Waals surface area contributed by atoms with E-state index in [0.717, 1.165) is 5.56 Å². The number of rotatable bonds is 5. The van der Waals surface area contributed by atoms with Gasteiger partial charge in [-0.3, -0.25) is 14.5 Å². The van der Waals surface area contributed by atoms with Crippen molar-refractivity contribution in [1.29, 1.82) is 0 Å². The highest BCUT2D eigenvalue weighted by Crippen LogP contribution is 2.44. The number of aryl methyl sites for hydroxylation is 1. The molecule has 1 fully saturated rings. The van der Waals surface area contributed by atoms with Crippen molar-refractivity contribution in [2.45, 2.75) is 32.9 Å². The predicted octanol–water partition coefficient (Wildman–Crippen LogP) is 6.72. The van der Waals surface area contributed by atoms with E-state index in [0.29, 0.717) is 27.6 Å². The fraction of sp³-hybridized carbons (Fsp3) is 0.185. The molecule has 0 saturated carbocycles. The summed E-state index contributed by atoms with van der Waals surface area (Å²) >= 11 is 12.3. The fourth-order valence-electron chi connectivity index (χ4n) is 4.07. The summed E-state index contributed by atoms with van der Waals surface area (Å²) in [5.41, 5.74) is 2.35. The monoisotopic (exact) mass is 495 g/mol. The minimum Gasteiger partial charge on any atom is -0.507 e. The van der Waals surface area contributed by atoms with Gasteiger partial charge in [0.05, 0.1) is 27.8 Å². The zero-order valence-electron chi connectivity index (χ0n) is 18.9. The van der Waals surface area contributed by atoms with Crippen molar-refractivity contribution in [3.05, 3.63) is 99.0 Å². The third-order valence-electron chi connectivity index (χ3n) is 5.59. The number of hydrogen-bond acceptors (Lipinski definition) is 4. The zero-order valence-corrected chi connectivity index (χ0v) is 20.4. The molecule has 5 nitrogen and oxygen atoms in total. The van der Waals surface area contributed by atoms with E-state index in [1.54, 1.807) is 36.4 Å². The van der Waals surface area contributed by atoms with Crippen molar-refractivity contribution in [1.82, 2.24) is 0 Å². The molecule has 4 rings (SSSR count). The molecule has 0 radical (unpaired) electrons. The number of carbonyl (C=O) groups excluding carboxylic acids is 2. The van der Waals surface area contributed by atoms with Gasteiger partial charge in [0.2, 0.25) is 0 Å². The van der Waals surface area contributed by atoms with E-state index < -0.39 is 17.7 Å². The first kappa shape index (κ1) is 23.9. The Morgan fingerprint density at radius 2 is 1.71 bits per heavy atom. The number of benzene rings is 3. The standard InChI is InChI=1S/C27H23Cl2NO4/c1-15(2)34-19-9-6-8-17(13-19)25(31)23-24(20-10-5-4-7-16(20)3)30(27(33)26(23)32)18-11-12-21(28)22(29)14-18/h4-15,24,31H,1-3H3/b25-23+. The fourth-order valence-corrected chi connectivity index (χ4v) is 4.36. The second-order valence-corrected chi connectivity index (χ2v) is 9.13. The molecule has 1 unspecified atom stereocenters. The highest BCUT2D eigenvalue weighted by atomic mass is 35.5. The van der Waals surface area contributed by atoms with Crippen LogP contribution in [0.1, 0.15) is 36.6 Å². The lowest BCUT2D eigenvalue weighted by atomic mass is 9.92. The van der Waals surface area contributed by atoms with E-state index in [9.17, 15) is 14.7 Å².